The van der Waals surface area contributed by atoms with Gasteiger partial charge in [-0.3, -0.25) is 9.59 Å². The van der Waals surface area contributed by atoms with Gasteiger partial charge in [0.1, 0.15) is 0 Å². The number of anilines is 1. The number of aryl methyl sites for hydroxylation is 2. The fourth-order valence-electron chi connectivity index (χ4n) is 2.44. The topological polar surface area (TPSA) is 49.4 Å². The highest BCUT2D eigenvalue weighted by molar-refractivity contribution is 6.00. The Bertz CT molecular complexity index is 476. The first-order valence-electron chi connectivity index (χ1n) is 6.11. The van der Waals surface area contributed by atoms with E-state index in [-0.39, 0.29) is 17.7 Å². The summed E-state index contributed by atoms with van der Waals surface area (Å²) in [5.41, 5.74) is 3.14. The number of rotatable bonds is 2. The van der Waals surface area contributed by atoms with E-state index in [0.29, 0.717) is 13.0 Å². The lowest BCUT2D eigenvalue weighted by atomic mass is 10.1. The van der Waals surface area contributed by atoms with Crippen LogP contribution in [0.1, 0.15) is 17.5 Å². The molecule has 1 heterocycles. The van der Waals surface area contributed by atoms with E-state index in [0.717, 1.165) is 16.8 Å². The van der Waals surface area contributed by atoms with Gasteiger partial charge in [-0.2, -0.15) is 0 Å². The number of nitrogens with one attached hydrogen (secondary N) is 1. The van der Waals surface area contributed by atoms with Gasteiger partial charge in [0.2, 0.25) is 11.8 Å². The molecule has 1 N–H and O–H groups in total. The van der Waals surface area contributed by atoms with E-state index in [1.165, 1.54) is 0 Å². The molecule has 1 atom stereocenters. The van der Waals surface area contributed by atoms with Crippen LogP contribution in [0.15, 0.2) is 18.2 Å². The molecule has 2 rings (SSSR count). The van der Waals surface area contributed by atoms with Gasteiger partial charge in [-0.05, 0) is 37.1 Å². The zero-order chi connectivity index (χ0) is 13.3. The number of amides is 2. The SMILES string of the molecule is CNC(=O)[C@@H]1CC(=O)N(c2cc(C)cc(C)c2)C1. The molecule has 0 aliphatic carbocycles. The summed E-state index contributed by atoms with van der Waals surface area (Å²) in [4.78, 5) is 25.3. The maximum absolute atomic E-state index is 12.0. The van der Waals surface area contributed by atoms with Crippen LogP contribution in [-0.4, -0.2) is 25.4 Å². The molecule has 0 spiro atoms. The van der Waals surface area contributed by atoms with Gasteiger partial charge in [0.05, 0.1) is 5.92 Å². The van der Waals surface area contributed by atoms with Gasteiger partial charge in [-0.15, -0.1) is 0 Å². The Balaban J connectivity index is 2.24. The van der Waals surface area contributed by atoms with Crippen LogP contribution in [0.2, 0.25) is 0 Å². The second-order valence-electron chi connectivity index (χ2n) is 4.87. The molecule has 1 aliphatic heterocycles. The summed E-state index contributed by atoms with van der Waals surface area (Å²) in [7, 11) is 1.60. The van der Waals surface area contributed by atoms with E-state index >= 15 is 0 Å². The van der Waals surface area contributed by atoms with Crippen molar-refractivity contribution < 1.29 is 9.59 Å². The van der Waals surface area contributed by atoms with E-state index in [4.69, 9.17) is 0 Å². The molecule has 2 amide bonds. The van der Waals surface area contributed by atoms with Gasteiger partial charge in [0, 0.05) is 25.7 Å². The molecular formula is C14H18N2O2. The number of hydrogen-bond donors (Lipinski definition) is 1. The Hall–Kier alpha value is -1.84. The van der Waals surface area contributed by atoms with Gasteiger partial charge >= 0.3 is 0 Å². The second kappa shape index (κ2) is 4.80. The van der Waals surface area contributed by atoms with E-state index in [1.807, 2.05) is 26.0 Å². The average Bonchev–Trinajstić information content (AvgIpc) is 2.69. The number of nitrogens with zero attached hydrogens (tertiary/aromatic N) is 1. The van der Waals surface area contributed by atoms with E-state index in [9.17, 15) is 9.59 Å². The molecule has 0 aromatic heterocycles. The summed E-state index contributed by atoms with van der Waals surface area (Å²) < 4.78 is 0. The fraction of sp³-hybridized carbons (Fsp3) is 0.429. The summed E-state index contributed by atoms with van der Waals surface area (Å²) in [6.07, 6.45) is 0.298. The summed E-state index contributed by atoms with van der Waals surface area (Å²) >= 11 is 0. The molecule has 96 valence electrons. The lowest BCUT2D eigenvalue weighted by Gasteiger charge is -2.17. The molecule has 4 heteroatoms. The zero-order valence-corrected chi connectivity index (χ0v) is 11.0. The van der Waals surface area contributed by atoms with Gasteiger partial charge in [-0.1, -0.05) is 6.07 Å². The molecule has 0 saturated carbocycles. The minimum Gasteiger partial charge on any atom is -0.359 e. The maximum Gasteiger partial charge on any atom is 0.227 e. The average molecular weight is 246 g/mol. The Morgan fingerprint density at radius 1 is 1.28 bits per heavy atom. The highest BCUT2D eigenvalue weighted by Crippen LogP contribution is 2.26. The number of carbonyl (C=O) groups excluding carboxylic acids is 2. The van der Waals surface area contributed by atoms with Crippen LogP contribution >= 0.6 is 0 Å². The number of benzene rings is 1. The molecule has 1 aliphatic rings. The second-order valence-corrected chi connectivity index (χ2v) is 4.87. The van der Waals surface area contributed by atoms with Gasteiger partial charge in [0.25, 0.3) is 0 Å². The van der Waals surface area contributed by atoms with Crippen molar-refractivity contribution in [2.75, 3.05) is 18.5 Å². The number of hydrogen-bond acceptors (Lipinski definition) is 2. The smallest absolute Gasteiger partial charge is 0.227 e. The van der Waals surface area contributed by atoms with E-state index < -0.39 is 0 Å². The Morgan fingerprint density at radius 2 is 1.89 bits per heavy atom. The predicted octanol–water partition coefficient (Wildman–Crippen LogP) is 1.40. The Morgan fingerprint density at radius 3 is 2.44 bits per heavy atom. The first-order chi connectivity index (χ1) is 8.51. The van der Waals surface area contributed by atoms with E-state index in [2.05, 4.69) is 11.4 Å². The third-order valence-corrected chi connectivity index (χ3v) is 3.26. The van der Waals surface area contributed by atoms with Crippen LogP contribution in [0.25, 0.3) is 0 Å². The zero-order valence-electron chi connectivity index (χ0n) is 11.0. The van der Waals surface area contributed by atoms with Gasteiger partial charge < -0.3 is 10.2 Å². The molecule has 0 radical (unpaired) electrons. The summed E-state index contributed by atoms with van der Waals surface area (Å²) in [5, 5.41) is 2.60. The highest BCUT2D eigenvalue weighted by atomic mass is 16.2. The third kappa shape index (κ3) is 2.37. The lowest BCUT2D eigenvalue weighted by molar-refractivity contribution is -0.125. The molecule has 18 heavy (non-hydrogen) atoms. The van der Waals surface area contributed by atoms with Gasteiger partial charge in [0.15, 0.2) is 0 Å². The molecule has 1 saturated heterocycles. The number of carbonyl (C=O) groups is 2. The first kappa shape index (κ1) is 12.6. The Kier molecular flexibility index (Phi) is 3.36. The van der Waals surface area contributed by atoms with Crippen LogP contribution in [0.3, 0.4) is 0 Å². The minimum atomic E-state index is -0.233. The molecule has 1 aromatic rings. The van der Waals surface area contributed by atoms with Crippen molar-refractivity contribution in [1.29, 1.82) is 0 Å². The van der Waals surface area contributed by atoms with Crippen molar-refractivity contribution in [2.45, 2.75) is 20.3 Å². The van der Waals surface area contributed by atoms with E-state index in [1.54, 1.807) is 11.9 Å². The van der Waals surface area contributed by atoms with Crippen molar-refractivity contribution in [1.82, 2.24) is 5.32 Å². The summed E-state index contributed by atoms with van der Waals surface area (Å²) in [6.45, 7) is 4.49. The van der Waals surface area contributed by atoms with Crippen molar-refractivity contribution >= 4 is 17.5 Å². The van der Waals surface area contributed by atoms with Crippen LogP contribution in [-0.2, 0) is 9.59 Å². The Labute approximate surface area is 107 Å². The van der Waals surface area contributed by atoms with Gasteiger partial charge in [-0.25, -0.2) is 0 Å². The molecular weight excluding hydrogens is 228 g/mol. The summed E-state index contributed by atoms with van der Waals surface area (Å²) in [5.74, 6) is -0.271. The minimum absolute atomic E-state index is 0.0219. The molecule has 0 bridgehead atoms. The van der Waals surface area contributed by atoms with Crippen LogP contribution in [0.5, 0.6) is 0 Å². The predicted molar refractivity (Wildman–Crippen MR) is 70.4 cm³/mol. The first-order valence-corrected chi connectivity index (χ1v) is 6.11. The monoisotopic (exact) mass is 246 g/mol. The molecule has 0 unspecified atom stereocenters. The molecule has 4 nitrogen and oxygen atoms in total. The summed E-state index contributed by atoms with van der Waals surface area (Å²) in [6, 6.07) is 6.04. The van der Waals surface area contributed by atoms with Crippen LogP contribution in [0.4, 0.5) is 5.69 Å². The molecule has 1 aromatic carbocycles. The van der Waals surface area contributed by atoms with Crippen molar-refractivity contribution in [2.24, 2.45) is 5.92 Å². The van der Waals surface area contributed by atoms with Crippen LogP contribution < -0.4 is 10.2 Å². The lowest BCUT2D eigenvalue weighted by Crippen LogP contribution is -2.30. The van der Waals surface area contributed by atoms with Crippen molar-refractivity contribution in [3.63, 3.8) is 0 Å². The van der Waals surface area contributed by atoms with Crippen molar-refractivity contribution in [3.05, 3.63) is 29.3 Å². The molecule has 1 fully saturated rings. The van der Waals surface area contributed by atoms with Crippen molar-refractivity contribution in [3.8, 4) is 0 Å². The fourth-order valence-corrected chi connectivity index (χ4v) is 2.44. The highest BCUT2D eigenvalue weighted by Gasteiger charge is 2.34. The quantitative estimate of drug-likeness (QED) is 0.857. The third-order valence-electron chi connectivity index (χ3n) is 3.26. The normalized spacial score (nSPS) is 19.2. The van der Waals surface area contributed by atoms with Crippen LogP contribution in [0, 0.1) is 19.8 Å². The largest absolute Gasteiger partial charge is 0.359 e. The standard InChI is InChI=1S/C14H18N2O2/c1-9-4-10(2)6-12(5-9)16-8-11(7-13(16)17)14(18)15-3/h4-6,11H,7-8H2,1-3H3,(H,15,18)/t11-/m1/s1. The maximum atomic E-state index is 12.0.